The van der Waals surface area contributed by atoms with Gasteiger partial charge in [-0.3, -0.25) is 18.2 Å². The molecule has 2 aromatic heterocycles. The molecule has 12 N–H and O–H groups in total. The fraction of sp³-hybridized carbons (Fsp3) is 0.273. The summed E-state index contributed by atoms with van der Waals surface area (Å²) in [5.41, 5.74) is 0.108. The van der Waals surface area contributed by atoms with E-state index in [0.29, 0.717) is 0 Å². The Balaban J connectivity index is 1.33. The van der Waals surface area contributed by atoms with Crippen LogP contribution in [0.3, 0.4) is 0 Å². The second-order valence-corrected chi connectivity index (χ2v) is 22.7. The highest BCUT2D eigenvalue weighted by Crippen LogP contribution is 2.30. The Hall–Kier alpha value is -7.08. The molecule has 0 fully saturated rings. The van der Waals surface area contributed by atoms with E-state index in [2.05, 4.69) is 51.2 Å². The molecular formula is C44H52N12O16S4. The Bertz CT molecular complexity index is 3290. The van der Waals surface area contributed by atoms with E-state index in [1.54, 1.807) is 0 Å². The van der Waals surface area contributed by atoms with Crippen molar-refractivity contribution < 1.29 is 72.3 Å². The fourth-order valence-corrected chi connectivity index (χ4v) is 9.43. The first-order valence-electron chi connectivity index (χ1n) is 22.3. The largest absolute Gasteiger partial charge is 0.392 e. The van der Waals surface area contributed by atoms with Crippen LogP contribution >= 0.6 is 0 Å². The highest BCUT2D eigenvalue weighted by molar-refractivity contribution is 7.86. The molecule has 4 aromatic carbocycles. The summed E-state index contributed by atoms with van der Waals surface area (Å²) in [7, 11) is -19.1. The second-order valence-electron chi connectivity index (χ2n) is 17.1. The quantitative estimate of drug-likeness (QED) is 0.0305. The van der Waals surface area contributed by atoms with Gasteiger partial charge in [-0.2, -0.15) is 63.6 Å². The van der Waals surface area contributed by atoms with Crippen LogP contribution in [0.2, 0.25) is 0 Å². The molecule has 2 heterocycles. The van der Waals surface area contributed by atoms with Crippen LogP contribution in [0.15, 0.2) is 105 Å². The van der Waals surface area contributed by atoms with E-state index in [0.717, 1.165) is 48.6 Å². The van der Waals surface area contributed by atoms with Crippen molar-refractivity contribution in [2.75, 3.05) is 57.2 Å². The molecule has 32 heteroatoms. The van der Waals surface area contributed by atoms with Crippen molar-refractivity contribution >= 4 is 111 Å². The molecule has 6 aromatic rings. The Labute approximate surface area is 436 Å². The van der Waals surface area contributed by atoms with Crippen LogP contribution in [-0.4, -0.2) is 153 Å². The van der Waals surface area contributed by atoms with E-state index in [4.69, 9.17) is 0 Å². The van der Waals surface area contributed by atoms with Crippen LogP contribution < -0.4 is 31.1 Å². The monoisotopic (exact) mass is 1130 g/mol. The van der Waals surface area contributed by atoms with Crippen molar-refractivity contribution in [1.82, 2.24) is 29.9 Å². The van der Waals surface area contributed by atoms with Crippen molar-refractivity contribution in [1.29, 1.82) is 0 Å². The molecule has 4 atom stereocenters. The number of rotatable bonds is 24. The van der Waals surface area contributed by atoms with Gasteiger partial charge in [-0.1, -0.05) is 24.3 Å². The minimum atomic E-state index is -5.05. The predicted octanol–water partition coefficient (Wildman–Crippen LogP) is 3.32. The minimum Gasteiger partial charge on any atom is -0.392 e. The summed E-state index contributed by atoms with van der Waals surface area (Å²) < 4.78 is 137. The summed E-state index contributed by atoms with van der Waals surface area (Å²) in [4.78, 5) is 26.9. The Kier molecular flexibility index (Phi) is 18.3. The van der Waals surface area contributed by atoms with Crippen LogP contribution in [0.4, 0.5) is 58.4 Å². The first-order chi connectivity index (χ1) is 35.4. The summed E-state index contributed by atoms with van der Waals surface area (Å²) in [5.74, 6) is -0.949. The number of aliphatic hydroxyl groups excluding tert-OH is 4. The van der Waals surface area contributed by atoms with Gasteiger partial charge in [0.05, 0.1) is 34.2 Å². The van der Waals surface area contributed by atoms with Gasteiger partial charge in [-0.15, -0.1) is 0 Å². The Morgan fingerprint density at radius 1 is 0.408 bits per heavy atom. The number of benzene rings is 4. The van der Waals surface area contributed by atoms with E-state index < -0.39 is 84.5 Å². The van der Waals surface area contributed by atoms with Gasteiger partial charge < -0.3 is 51.5 Å². The maximum atomic E-state index is 12.9. The van der Waals surface area contributed by atoms with Gasteiger partial charge in [0, 0.05) is 48.9 Å². The number of nitrogens with one attached hydrogen (secondary N) is 4. The molecule has 0 bridgehead atoms. The number of hydrogen-bond donors (Lipinski definition) is 12. The molecule has 6 rings (SSSR count). The number of anilines is 10. The number of aliphatic hydroxyl groups is 4. The maximum Gasteiger partial charge on any atom is 0.295 e. The van der Waals surface area contributed by atoms with Crippen molar-refractivity contribution in [2.45, 2.75) is 71.7 Å². The van der Waals surface area contributed by atoms with Crippen LogP contribution in [-0.2, 0) is 40.5 Å². The standard InChI is InChI=1S/C44H52N12O16S4/c1-25(57)21-55(22-26(2)58)43-51-39(45-31-11-15-35(16-12-31)73(61,62)63)49-41(53-43)47-33-9-7-29(37(19-33)75(67,68)69)5-6-30-8-10-34(20-38(30)76(70,71)72)48-42-50-40(46-32-13-17-36(18-14-32)74(64,65)66)52-44(54-42)56(23-27(3)59)24-28(4)60/h5-20,25-28,57-60H,21-24H2,1-4H3,(H,61,62,63)(H,64,65,66)(H,67,68,69)(H,70,71,72)(H2,45,47,49,51,53)(H2,46,48,50,52,54)/b6-5+. The van der Waals surface area contributed by atoms with Crippen molar-refractivity contribution in [3.05, 3.63) is 96.1 Å². The van der Waals surface area contributed by atoms with E-state index in [9.17, 15) is 72.3 Å². The average molecular weight is 1130 g/mol. The minimum absolute atomic E-state index is 0.0215. The number of aromatic nitrogens is 6. The van der Waals surface area contributed by atoms with Crippen LogP contribution in [0.1, 0.15) is 38.8 Å². The molecule has 0 saturated heterocycles. The highest BCUT2D eigenvalue weighted by atomic mass is 32.2. The molecular weight excluding hydrogens is 1080 g/mol. The van der Waals surface area contributed by atoms with E-state index >= 15 is 0 Å². The summed E-state index contributed by atoms with van der Waals surface area (Å²) >= 11 is 0. The van der Waals surface area contributed by atoms with Crippen LogP contribution in [0.25, 0.3) is 12.2 Å². The molecule has 76 heavy (non-hydrogen) atoms. The topological polar surface area (TPSA) is 430 Å². The number of nitrogens with zero attached hydrogens (tertiary/aromatic N) is 8. The van der Waals surface area contributed by atoms with Crippen LogP contribution in [0.5, 0.6) is 0 Å². The van der Waals surface area contributed by atoms with E-state index in [1.807, 2.05) is 0 Å². The molecule has 28 nitrogen and oxygen atoms in total. The van der Waals surface area contributed by atoms with Gasteiger partial charge in [-0.05, 0) is 112 Å². The van der Waals surface area contributed by atoms with Crippen molar-refractivity contribution in [3.63, 3.8) is 0 Å². The lowest BCUT2D eigenvalue weighted by atomic mass is 10.1. The lowest BCUT2D eigenvalue weighted by Gasteiger charge is -2.26. The van der Waals surface area contributed by atoms with Gasteiger partial charge in [-0.25, -0.2) is 0 Å². The predicted molar refractivity (Wildman–Crippen MR) is 278 cm³/mol. The first-order valence-corrected chi connectivity index (χ1v) is 28.0. The summed E-state index contributed by atoms with van der Waals surface area (Å²) in [5, 5.41) is 52.3. The van der Waals surface area contributed by atoms with Gasteiger partial charge in [0.15, 0.2) is 0 Å². The Morgan fingerprint density at radius 2 is 0.671 bits per heavy atom. The third-order valence-corrected chi connectivity index (χ3v) is 13.7. The van der Waals surface area contributed by atoms with Gasteiger partial charge in [0.25, 0.3) is 40.5 Å². The fourth-order valence-electron chi connectivity index (χ4n) is 7.05. The molecule has 0 saturated carbocycles. The average Bonchev–Trinajstić information content (AvgIpc) is 3.29. The van der Waals surface area contributed by atoms with Gasteiger partial charge in [0.1, 0.15) is 9.79 Å². The second kappa shape index (κ2) is 23.9. The smallest absolute Gasteiger partial charge is 0.295 e. The molecule has 0 aliphatic heterocycles. The zero-order chi connectivity index (χ0) is 55.9. The van der Waals surface area contributed by atoms with E-state index in [1.165, 1.54) is 86.0 Å². The molecule has 0 radical (unpaired) electrons. The first kappa shape index (κ1) is 58.2. The Morgan fingerprint density at radius 3 is 0.921 bits per heavy atom. The maximum absolute atomic E-state index is 12.9. The van der Waals surface area contributed by atoms with Crippen molar-refractivity contribution in [2.24, 2.45) is 0 Å². The molecule has 408 valence electrons. The normalized spacial score (nSPS) is 13.9. The van der Waals surface area contributed by atoms with Crippen LogP contribution in [0, 0.1) is 0 Å². The van der Waals surface area contributed by atoms with Crippen molar-refractivity contribution in [3.8, 4) is 0 Å². The zero-order valence-electron chi connectivity index (χ0n) is 40.4. The summed E-state index contributed by atoms with van der Waals surface area (Å²) in [6, 6.07) is 16.9. The zero-order valence-corrected chi connectivity index (χ0v) is 43.7. The molecule has 4 unspecified atom stereocenters. The SMILES string of the molecule is CC(O)CN(CC(C)O)c1nc(Nc2ccc(S(=O)(=O)O)cc2)nc(Nc2ccc(/C=C/c3ccc(Nc4nc(Nc5ccc(S(=O)(=O)O)cc5)nc(N(CC(C)O)CC(C)O)n4)cc3S(=O)(=O)O)c(S(=O)(=O)O)c2)n1. The summed E-state index contributed by atoms with van der Waals surface area (Å²) in [6.07, 6.45) is -1.48. The number of hydrogen-bond acceptors (Lipinski definition) is 24. The third kappa shape index (κ3) is 16.7. The lowest BCUT2D eigenvalue weighted by Crippen LogP contribution is -2.37. The molecule has 0 spiro atoms. The molecule has 0 aliphatic carbocycles. The molecule has 0 amide bonds. The molecule has 0 aliphatic rings. The third-order valence-electron chi connectivity index (χ3n) is 10.1. The van der Waals surface area contributed by atoms with Gasteiger partial charge in [0.2, 0.25) is 35.7 Å². The van der Waals surface area contributed by atoms with Gasteiger partial charge >= 0.3 is 0 Å². The highest BCUT2D eigenvalue weighted by Gasteiger charge is 2.23. The van der Waals surface area contributed by atoms with E-state index in [-0.39, 0.29) is 95.7 Å². The lowest BCUT2D eigenvalue weighted by molar-refractivity contribution is 0.176. The summed E-state index contributed by atoms with van der Waals surface area (Å²) in [6.45, 7) is 5.67.